The van der Waals surface area contributed by atoms with Gasteiger partial charge in [-0.3, -0.25) is 4.99 Å². The summed E-state index contributed by atoms with van der Waals surface area (Å²) in [6.45, 7) is 4.80. The number of nitrogens with two attached hydrogens (primary N) is 1. The molecule has 0 spiro atoms. The van der Waals surface area contributed by atoms with Crippen LogP contribution in [0.15, 0.2) is 35.3 Å². The maximum absolute atomic E-state index is 10.9. The fourth-order valence-corrected chi connectivity index (χ4v) is 1.98. The molecule has 0 amide bonds. The highest BCUT2D eigenvalue weighted by Crippen LogP contribution is 2.10. The maximum Gasteiger partial charge on any atom is 0.210 e. The number of nitrogens with one attached hydrogen (secondary N) is 2. The molecule has 0 radical (unpaired) electrons. The summed E-state index contributed by atoms with van der Waals surface area (Å²) in [5.74, 6) is 0.413. The van der Waals surface area contributed by atoms with Crippen molar-refractivity contribution < 1.29 is 8.42 Å². The van der Waals surface area contributed by atoms with Crippen LogP contribution in [-0.4, -0.2) is 33.2 Å². The Kier molecular flexibility index (Phi) is 6.47. The highest BCUT2D eigenvalue weighted by Gasteiger charge is 2.07. The normalized spacial score (nSPS) is 13.8. The second-order valence-corrected chi connectivity index (χ2v) is 6.14. The van der Waals surface area contributed by atoms with Crippen molar-refractivity contribution in [3.8, 4) is 0 Å². The van der Waals surface area contributed by atoms with E-state index in [1.165, 1.54) is 0 Å². The molecule has 0 aliphatic heterocycles. The summed E-state index contributed by atoms with van der Waals surface area (Å²) in [7, 11) is -3.48. The first kappa shape index (κ1) is 16.5. The third-order valence-corrected chi connectivity index (χ3v) is 3.39. The topological polar surface area (TPSA) is 96.6 Å². The summed E-state index contributed by atoms with van der Waals surface area (Å²) in [5, 5.41) is 11.2. The van der Waals surface area contributed by atoms with E-state index in [0.29, 0.717) is 12.5 Å². The summed E-state index contributed by atoms with van der Waals surface area (Å²) in [6, 6.07) is 10.0. The number of primary sulfonamides is 1. The van der Waals surface area contributed by atoms with Crippen molar-refractivity contribution >= 4 is 16.0 Å². The van der Waals surface area contributed by atoms with Crippen LogP contribution in [0.5, 0.6) is 0 Å². The molecule has 0 aromatic heterocycles. The minimum Gasteiger partial charge on any atom is -0.357 e. The first-order valence-corrected chi connectivity index (χ1v) is 8.24. The molecule has 20 heavy (non-hydrogen) atoms. The molecule has 0 aliphatic carbocycles. The van der Waals surface area contributed by atoms with Gasteiger partial charge >= 0.3 is 0 Å². The average Bonchev–Trinajstić information content (AvgIpc) is 2.38. The van der Waals surface area contributed by atoms with Gasteiger partial charge in [0, 0.05) is 6.54 Å². The minimum atomic E-state index is -3.48. The Labute approximate surface area is 120 Å². The zero-order chi connectivity index (χ0) is 15.0. The molecule has 112 valence electrons. The predicted octanol–water partition coefficient (Wildman–Crippen LogP) is 0.591. The second-order valence-electron chi connectivity index (χ2n) is 4.40. The molecule has 0 saturated heterocycles. The molecule has 0 fully saturated rings. The van der Waals surface area contributed by atoms with Gasteiger partial charge < -0.3 is 10.6 Å². The van der Waals surface area contributed by atoms with Gasteiger partial charge in [-0.2, -0.15) is 0 Å². The van der Waals surface area contributed by atoms with Gasteiger partial charge in [0.2, 0.25) is 10.0 Å². The van der Waals surface area contributed by atoms with E-state index in [0.717, 1.165) is 5.56 Å². The van der Waals surface area contributed by atoms with Crippen molar-refractivity contribution in [3.63, 3.8) is 0 Å². The Morgan fingerprint density at radius 1 is 1.35 bits per heavy atom. The minimum absolute atomic E-state index is 0.0727. The number of hydrogen-bond donors (Lipinski definition) is 3. The lowest BCUT2D eigenvalue weighted by atomic mass is 10.1. The quantitative estimate of drug-likeness (QED) is 0.529. The molecule has 1 aromatic rings. The Hall–Kier alpha value is -1.60. The molecule has 1 rings (SSSR count). The van der Waals surface area contributed by atoms with Gasteiger partial charge in [0.15, 0.2) is 5.96 Å². The van der Waals surface area contributed by atoms with E-state index in [-0.39, 0.29) is 18.3 Å². The number of hydrogen-bond acceptors (Lipinski definition) is 3. The Morgan fingerprint density at radius 3 is 2.55 bits per heavy atom. The number of benzene rings is 1. The van der Waals surface area contributed by atoms with E-state index in [1.54, 1.807) is 0 Å². The molecule has 4 N–H and O–H groups in total. The summed E-state index contributed by atoms with van der Waals surface area (Å²) in [6.07, 6.45) is 0. The van der Waals surface area contributed by atoms with Gasteiger partial charge in [0.05, 0.1) is 18.3 Å². The van der Waals surface area contributed by atoms with Crippen LogP contribution in [0.1, 0.15) is 25.5 Å². The Balaban J connectivity index is 2.64. The number of nitrogens with zero attached hydrogens (tertiary/aromatic N) is 1. The molecule has 7 heteroatoms. The molecular weight excluding hydrogens is 276 g/mol. The van der Waals surface area contributed by atoms with Gasteiger partial charge in [-0.1, -0.05) is 30.3 Å². The van der Waals surface area contributed by atoms with Crippen molar-refractivity contribution in [2.75, 3.05) is 18.8 Å². The van der Waals surface area contributed by atoms with Crippen LogP contribution in [0.3, 0.4) is 0 Å². The van der Waals surface area contributed by atoms with Crippen molar-refractivity contribution in [3.05, 3.63) is 35.9 Å². The van der Waals surface area contributed by atoms with Crippen LogP contribution in [-0.2, 0) is 10.0 Å². The molecule has 0 aliphatic rings. The predicted molar refractivity (Wildman–Crippen MR) is 81.9 cm³/mol. The van der Waals surface area contributed by atoms with E-state index in [2.05, 4.69) is 15.6 Å². The number of sulfonamides is 1. The van der Waals surface area contributed by atoms with Gasteiger partial charge in [-0.05, 0) is 19.4 Å². The van der Waals surface area contributed by atoms with Crippen LogP contribution < -0.4 is 15.8 Å². The molecule has 1 aromatic carbocycles. The number of aliphatic imine (C=N–C) groups is 1. The van der Waals surface area contributed by atoms with Crippen molar-refractivity contribution in [1.29, 1.82) is 0 Å². The molecule has 0 heterocycles. The molecule has 0 bridgehead atoms. The summed E-state index contributed by atoms with van der Waals surface area (Å²) >= 11 is 0. The fourth-order valence-electron chi connectivity index (χ4n) is 1.63. The first-order valence-electron chi connectivity index (χ1n) is 6.52. The third-order valence-electron chi connectivity index (χ3n) is 2.64. The molecule has 1 unspecified atom stereocenters. The Morgan fingerprint density at radius 2 is 2.00 bits per heavy atom. The SMILES string of the molecule is CCNC(=NCCS(N)(=O)=O)NC(C)c1ccccc1. The van der Waals surface area contributed by atoms with Crippen LogP contribution >= 0.6 is 0 Å². The van der Waals surface area contributed by atoms with E-state index in [9.17, 15) is 8.42 Å². The van der Waals surface area contributed by atoms with Crippen LogP contribution in [0.4, 0.5) is 0 Å². The fraction of sp³-hybridized carbons (Fsp3) is 0.462. The monoisotopic (exact) mass is 298 g/mol. The molecule has 1 atom stereocenters. The smallest absolute Gasteiger partial charge is 0.210 e. The molecule has 0 saturated carbocycles. The summed E-state index contributed by atoms with van der Waals surface area (Å²) in [4.78, 5) is 4.20. The van der Waals surface area contributed by atoms with Crippen LogP contribution in [0.2, 0.25) is 0 Å². The van der Waals surface area contributed by atoms with Gasteiger partial charge in [0.1, 0.15) is 0 Å². The average molecular weight is 298 g/mol. The van der Waals surface area contributed by atoms with Crippen LogP contribution in [0, 0.1) is 0 Å². The molecular formula is C13H22N4O2S. The van der Waals surface area contributed by atoms with Gasteiger partial charge in [-0.15, -0.1) is 0 Å². The first-order chi connectivity index (χ1) is 9.42. The lowest BCUT2D eigenvalue weighted by Crippen LogP contribution is -2.39. The zero-order valence-electron chi connectivity index (χ0n) is 11.8. The number of guanidine groups is 1. The lowest BCUT2D eigenvalue weighted by molar-refractivity contribution is 0.597. The van der Waals surface area contributed by atoms with Crippen molar-refractivity contribution in [2.24, 2.45) is 10.1 Å². The zero-order valence-corrected chi connectivity index (χ0v) is 12.7. The lowest BCUT2D eigenvalue weighted by Gasteiger charge is -2.18. The number of rotatable bonds is 6. The highest BCUT2D eigenvalue weighted by atomic mass is 32.2. The van der Waals surface area contributed by atoms with E-state index in [4.69, 9.17) is 5.14 Å². The second kappa shape index (κ2) is 7.86. The largest absolute Gasteiger partial charge is 0.357 e. The van der Waals surface area contributed by atoms with E-state index < -0.39 is 10.0 Å². The van der Waals surface area contributed by atoms with Crippen molar-refractivity contribution in [2.45, 2.75) is 19.9 Å². The van der Waals surface area contributed by atoms with Crippen molar-refractivity contribution in [1.82, 2.24) is 10.6 Å². The van der Waals surface area contributed by atoms with Gasteiger partial charge in [-0.25, -0.2) is 13.6 Å². The highest BCUT2D eigenvalue weighted by molar-refractivity contribution is 7.89. The van der Waals surface area contributed by atoms with E-state index >= 15 is 0 Å². The van der Waals surface area contributed by atoms with Crippen LogP contribution in [0.25, 0.3) is 0 Å². The Bertz CT molecular complexity index is 529. The molecule has 6 nitrogen and oxygen atoms in total. The summed E-state index contributed by atoms with van der Waals surface area (Å²) < 4.78 is 21.8. The van der Waals surface area contributed by atoms with E-state index in [1.807, 2.05) is 44.2 Å². The summed E-state index contributed by atoms with van der Waals surface area (Å²) in [5.41, 5.74) is 1.13. The maximum atomic E-state index is 10.9. The standard InChI is InChI=1S/C13H22N4O2S/c1-3-15-13(16-9-10-20(14,18)19)17-11(2)12-7-5-4-6-8-12/h4-8,11H,3,9-10H2,1-2H3,(H2,14,18,19)(H2,15,16,17). The third kappa shape index (κ3) is 6.53. The van der Waals surface area contributed by atoms with Gasteiger partial charge in [0.25, 0.3) is 0 Å².